The lowest BCUT2D eigenvalue weighted by molar-refractivity contribution is -0.152. The number of ether oxygens (including phenoxy) is 1. The maximum absolute atomic E-state index is 12.1. The monoisotopic (exact) mass is 301 g/mol. The lowest BCUT2D eigenvalue weighted by atomic mass is 9.75. The van der Waals surface area contributed by atoms with E-state index < -0.39 is 24.7 Å². The van der Waals surface area contributed by atoms with Gasteiger partial charge in [0.15, 0.2) is 0 Å². The molecular weight excluding hydrogens is 277 g/mol. The molecule has 1 heterocycles. The number of nitrogens with two attached hydrogens (primary N) is 2. The highest BCUT2D eigenvalue weighted by atomic mass is 16.5. The molecule has 0 saturated carbocycles. The lowest BCUT2D eigenvalue weighted by Crippen LogP contribution is -2.64. The van der Waals surface area contributed by atoms with E-state index in [0.717, 1.165) is 0 Å². The van der Waals surface area contributed by atoms with Crippen LogP contribution in [0.5, 0.6) is 0 Å². The van der Waals surface area contributed by atoms with E-state index in [1.54, 1.807) is 6.92 Å². The Morgan fingerprint density at radius 2 is 2.14 bits per heavy atom. The van der Waals surface area contributed by atoms with Crippen LogP contribution in [0.1, 0.15) is 19.8 Å². The highest BCUT2D eigenvalue weighted by Gasteiger charge is 2.45. The van der Waals surface area contributed by atoms with Crippen molar-refractivity contribution >= 4 is 19.0 Å². The molecule has 1 aliphatic rings. The summed E-state index contributed by atoms with van der Waals surface area (Å²) in [6.45, 7) is 2.01. The van der Waals surface area contributed by atoms with Gasteiger partial charge in [0, 0.05) is 13.1 Å². The number of amides is 1. The number of rotatable bonds is 5. The second kappa shape index (κ2) is 7.21. The highest BCUT2D eigenvalue weighted by molar-refractivity contribution is 6.40. The van der Waals surface area contributed by atoms with Crippen LogP contribution in [0.15, 0.2) is 0 Å². The minimum absolute atomic E-state index is 0.0538. The molecule has 1 fully saturated rings. The molecule has 0 radical (unpaired) electrons. The topological polar surface area (TPSA) is 139 Å². The average molecular weight is 301 g/mol. The number of methoxy groups -OCH3 is 1. The van der Waals surface area contributed by atoms with Gasteiger partial charge in [0.05, 0.1) is 13.2 Å². The molecule has 0 aromatic heterocycles. The molecule has 0 unspecified atom stereocenters. The second-order valence-corrected chi connectivity index (χ2v) is 5.78. The van der Waals surface area contributed by atoms with E-state index in [4.69, 9.17) is 26.3 Å². The molecule has 1 aliphatic heterocycles. The summed E-state index contributed by atoms with van der Waals surface area (Å²) in [5.41, 5.74) is 10.4. The van der Waals surface area contributed by atoms with E-state index in [9.17, 15) is 9.59 Å². The minimum atomic E-state index is -1.42. The zero-order valence-corrected chi connectivity index (χ0v) is 12.5. The van der Waals surface area contributed by atoms with Gasteiger partial charge in [0.2, 0.25) is 5.91 Å². The fraction of sp³-hybridized carbons (Fsp3) is 0.833. The van der Waals surface area contributed by atoms with Crippen molar-refractivity contribution in [2.24, 2.45) is 17.4 Å². The standard InChI is InChI=1S/C12H24BN3O5/c1-8(14)10(17)16-6-9(3-4-13(19)20)5-12(15,7-16)11(18)21-2/h8-9,19-20H,3-7,14-15H2,1-2H3/t8-,9-,12+/m0/s1. The quantitative estimate of drug-likeness (QED) is 0.337. The molecule has 0 aromatic rings. The van der Waals surface area contributed by atoms with Gasteiger partial charge in [0.25, 0.3) is 0 Å². The zero-order chi connectivity index (χ0) is 16.2. The van der Waals surface area contributed by atoms with Crippen molar-refractivity contribution in [1.29, 1.82) is 0 Å². The van der Waals surface area contributed by atoms with Crippen LogP contribution in [0.25, 0.3) is 0 Å². The molecule has 0 bridgehead atoms. The Bertz CT molecular complexity index is 393. The third-order valence-corrected chi connectivity index (χ3v) is 3.73. The van der Waals surface area contributed by atoms with Crippen molar-refractivity contribution in [2.75, 3.05) is 20.2 Å². The van der Waals surface area contributed by atoms with E-state index in [0.29, 0.717) is 19.4 Å². The summed E-state index contributed by atoms with van der Waals surface area (Å²) in [5.74, 6) is -0.991. The van der Waals surface area contributed by atoms with Crippen molar-refractivity contribution in [3.8, 4) is 0 Å². The predicted octanol–water partition coefficient (Wildman–Crippen LogP) is -2.08. The molecule has 0 spiro atoms. The Labute approximate surface area is 124 Å². The van der Waals surface area contributed by atoms with E-state index >= 15 is 0 Å². The van der Waals surface area contributed by atoms with Crippen LogP contribution in [0.3, 0.4) is 0 Å². The molecule has 21 heavy (non-hydrogen) atoms. The molecule has 120 valence electrons. The molecule has 1 saturated heterocycles. The number of likely N-dealkylation sites (tertiary alicyclic amines) is 1. The molecule has 1 amide bonds. The Morgan fingerprint density at radius 1 is 1.52 bits per heavy atom. The highest BCUT2D eigenvalue weighted by Crippen LogP contribution is 2.28. The Kier molecular flexibility index (Phi) is 6.15. The van der Waals surface area contributed by atoms with Gasteiger partial charge in [-0.2, -0.15) is 0 Å². The van der Waals surface area contributed by atoms with Crippen molar-refractivity contribution in [3.05, 3.63) is 0 Å². The summed E-state index contributed by atoms with van der Waals surface area (Å²) in [4.78, 5) is 25.4. The van der Waals surface area contributed by atoms with Crippen LogP contribution in [-0.4, -0.2) is 65.7 Å². The lowest BCUT2D eigenvalue weighted by Gasteiger charge is -2.43. The number of esters is 1. The number of carbonyl (C=O) groups excluding carboxylic acids is 2. The fourth-order valence-corrected chi connectivity index (χ4v) is 2.75. The summed E-state index contributed by atoms with van der Waals surface area (Å²) in [6, 6.07) is -0.686. The first-order chi connectivity index (χ1) is 9.69. The molecule has 1 rings (SSSR count). The van der Waals surface area contributed by atoms with Gasteiger partial charge in [0.1, 0.15) is 5.54 Å². The largest absolute Gasteiger partial charge is 0.468 e. The van der Waals surface area contributed by atoms with Crippen molar-refractivity contribution in [1.82, 2.24) is 4.90 Å². The van der Waals surface area contributed by atoms with E-state index in [1.165, 1.54) is 12.0 Å². The van der Waals surface area contributed by atoms with Crippen LogP contribution in [0.2, 0.25) is 6.32 Å². The summed E-state index contributed by atoms with van der Waals surface area (Å²) in [5, 5.41) is 17.9. The molecule has 9 heteroatoms. The Morgan fingerprint density at radius 3 is 2.62 bits per heavy atom. The average Bonchev–Trinajstić information content (AvgIpc) is 2.42. The Balaban J connectivity index is 2.87. The molecule has 3 atom stereocenters. The SMILES string of the molecule is COC(=O)[C@@]1(N)C[C@H](CCB(O)O)CN(C(=O)[C@H](C)N)C1. The third kappa shape index (κ3) is 4.67. The summed E-state index contributed by atoms with van der Waals surface area (Å²) in [6.07, 6.45) is 0.924. The van der Waals surface area contributed by atoms with Crippen LogP contribution in [0, 0.1) is 5.92 Å². The van der Waals surface area contributed by atoms with E-state index in [1.807, 2.05) is 0 Å². The number of piperidine rings is 1. The van der Waals surface area contributed by atoms with E-state index in [-0.39, 0.29) is 24.7 Å². The number of hydrogen-bond donors (Lipinski definition) is 4. The Hall–Kier alpha value is -1.16. The number of nitrogens with zero attached hydrogens (tertiary/aromatic N) is 1. The number of hydrogen-bond acceptors (Lipinski definition) is 7. The van der Waals surface area contributed by atoms with Gasteiger partial charge in [-0.05, 0) is 25.6 Å². The van der Waals surface area contributed by atoms with Crippen LogP contribution in [0.4, 0.5) is 0 Å². The van der Waals surface area contributed by atoms with Gasteiger partial charge < -0.3 is 31.2 Å². The molecule has 0 aliphatic carbocycles. The first kappa shape index (κ1) is 17.9. The zero-order valence-electron chi connectivity index (χ0n) is 12.5. The van der Waals surface area contributed by atoms with Gasteiger partial charge in [-0.1, -0.05) is 6.42 Å². The maximum Gasteiger partial charge on any atom is 0.451 e. The second-order valence-electron chi connectivity index (χ2n) is 5.78. The van der Waals surface area contributed by atoms with Gasteiger partial charge in [-0.15, -0.1) is 0 Å². The normalized spacial score (nSPS) is 27.1. The van der Waals surface area contributed by atoms with Gasteiger partial charge in [-0.3, -0.25) is 4.79 Å². The smallest absolute Gasteiger partial charge is 0.451 e. The molecule has 6 N–H and O–H groups in total. The number of carbonyl (C=O) groups is 2. The van der Waals surface area contributed by atoms with Gasteiger partial charge in [-0.25, -0.2) is 4.79 Å². The maximum atomic E-state index is 12.1. The summed E-state index contributed by atoms with van der Waals surface area (Å²) >= 11 is 0. The molecule has 0 aromatic carbocycles. The predicted molar refractivity (Wildman–Crippen MR) is 76.9 cm³/mol. The third-order valence-electron chi connectivity index (χ3n) is 3.73. The van der Waals surface area contributed by atoms with Crippen molar-refractivity contribution in [3.63, 3.8) is 0 Å². The summed E-state index contributed by atoms with van der Waals surface area (Å²) in [7, 11) is -0.176. The van der Waals surface area contributed by atoms with E-state index in [2.05, 4.69) is 0 Å². The minimum Gasteiger partial charge on any atom is -0.468 e. The molecular formula is C12H24BN3O5. The van der Waals surface area contributed by atoms with Crippen LogP contribution >= 0.6 is 0 Å². The van der Waals surface area contributed by atoms with Crippen LogP contribution < -0.4 is 11.5 Å². The van der Waals surface area contributed by atoms with Gasteiger partial charge >= 0.3 is 13.1 Å². The van der Waals surface area contributed by atoms with Crippen LogP contribution in [-0.2, 0) is 14.3 Å². The first-order valence-corrected chi connectivity index (χ1v) is 6.97. The first-order valence-electron chi connectivity index (χ1n) is 6.97. The van der Waals surface area contributed by atoms with Crippen molar-refractivity contribution in [2.45, 2.75) is 37.7 Å². The molecule has 8 nitrogen and oxygen atoms in total. The summed E-state index contributed by atoms with van der Waals surface area (Å²) < 4.78 is 4.72. The van der Waals surface area contributed by atoms with Crippen molar-refractivity contribution < 1.29 is 24.4 Å². The fourth-order valence-electron chi connectivity index (χ4n) is 2.75.